The van der Waals surface area contributed by atoms with Crippen LogP contribution in [0.15, 0.2) is 35.9 Å². The smallest absolute Gasteiger partial charge is 0.194 e. The molecule has 0 amide bonds. The molecule has 3 aliphatic carbocycles. The summed E-state index contributed by atoms with van der Waals surface area (Å²) in [5, 5.41) is 13.8. The first-order valence-corrected chi connectivity index (χ1v) is 11.7. The number of fused-ring (bicyclic) bond motifs is 9. The summed E-state index contributed by atoms with van der Waals surface area (Å²) in [6, 6.07) is 8.68. The standard InChI is InChI=1S/C26H31NO3/c1-23(2)20-9-8-19-25(28)11-10-15-14-17-16-6-4-5-7-18(16)27-22(17)21(15)24(25,3)12-13-26(19,29-20)30-23/h4-8,15,20-21,27-28H,9-14H2,1-3H3/t15?,20?,21?,24?,25-,26?/m1/s1. The molecular weight excluding hydrogens is 374 g/mol. The van der Waals surface area contributed by atoms with Crippen molar-refractivity contribution in [3.63, 3.8) is 0 Å². The van der Waals surface area contributed by atoms with E-state index in [9.17, 15) is 5.11 Å². The Morgan fingerprint density at radius 1 is 1.10 bits per heavy atom. The molecule has 7 rings (SSSR count). The summed E-state index contributed by atoms with van der Waals surface area (Å²) in [6.07, 6.45) is 7.91. The van der Waals surface area contributed by atoms with Gasteiger partial charge >= 0.3 is 0 Å². The van der Waals surface area contributed by atoms with E-state index in [1.807, 2.05) is 0 Å². The maximum absolute atomic E-state index is 12.4. The molecule has 1 saturated heterocycles. The second kappa shape index (κ2) is 5.23. The first-order chi connectivity index (χ1) is 14.3. The van der Waals surface area contributed by atoms with E-state index >= 15 is 0 Å². The minimum absolute atomic E-state index is 0.0809. The molecule has 1 aromatic carbocycles. The van der Waals surface area contributed by atoms with Crippen molar-refractivity contribution in [2.24, 2.45) is 11.3 Å². The van der Waals surface area contributed by atoms with Crippen molar-refractivity contribution in [3.8, 4) is 0 Å². The van der Waals surface area contributed by atoms with Crippen molar-refractivity contribution >= 4 is 10.9 Å². The van der Waals surface area contributed by atoms with Crippen molar-refractivity contribution < 1.29 is 14.6 Å². The highest BCUT2D eigenvalue weighted by Gasteiger charge is 2.71. The summed E-state index contributed by atoms with van der Waals surface area (Å²) < 4.78 is 13.1. The molecule has 6 atom stereocenters. The fraction of sp³-hybridized carbons (Fsp3) is 0.615. The first-order valence-electron chi connectivity index (χ1n) is 11.7. The van der Waals surface area contributed by atoms with Crippen LogP contribution in [0.4, 0.5) is 0 Å². The molecule has 0 radical (unpaired) electrons. The van der Waals surface area contributed by atoms with E-state index in [0.29, 0.717) is 11.8 Å². The van der Waals surface area contributed by atoms with Gasteiger partial charge in [-0.1, -0.05) is 31.2 Å². The van der Waals surface area contributed by atoms with Crippen molar-refractivity contribution in [2.45, 2.75) is 88.3 Å². The monoisotopic (exact) mass is 405 g/mol. The Kier molecular flexibility index (Phi) is 3.14. The first kappa shape index (κ1) is 18.0. The SMILES string of the molecule is CC1(C)OC23CCC4(C)C5c6[nH]c7ccccc7c6CC5CC[C@@]4(O)C2=CCC1O3. The van der Waals surface area contributed by atoms with Gasteiger partial charge in [0.1, 0.15) is 0 Å². The molecule has 3 fully saturated rings. The highest BCUT2D eigenvalue weighted by atomic mass is 16.8. The van der Waals surface area contributed by atoms with Crippen LogP contribution in [0.3, 0.4) is 0 Å². The van der Waals surface area contributed by atoms with Gasteiger partial charge in [0.05, 0.1) is 17.3 Å². The van der Waals surface area contributed by atoms with Gasteiger partial charge in [0.25, 0.3) is 0 Å². The number of ether oxygens (including phenoxy) is 2. The Balaban J connectivity index is 1.38. The van der Waals surface area contributed by atoms with Crippen molar-refractivity contribution in [1.82, 2.24) is 4.98 Å². The predicted molar refractivity (Wildman–Crippen MR) is 115 cm³/mol. The molecular formula is C26H31NO3. The molecule has 5 aliphatic rings. The van der Waals surface area contributed by atoms with E-state index in [1.54, 1.807) is 0 Å². The fourth-order valence-electron chi connectivity index (χ4n) is 8.04. The second-order valence-electron chi connectivity index (χ2n) is 11.2. The van der Waals surface area contributed by atoms with Crippen LogP contribution in [0.5, 0.6) is 0 Å². The summed E-state index contributed by atoms with van der Waals surface area (Å²) >= 11 is 0. The molecule has 3 heterocycles. The Bertz CT molecular complexity index is 1110. The van der Waals surface area contributed by atoms with Crippen molar-refractivity contribution in [3.05, 3.63) is 47.2 Å². The van der Waals surface area contributed by atoms with Crippen LogP contribution in [-0.2, 0) is 15.9 Å². The van der Waals surface area contributed by atoms with Crippen LogP contribution in [-0.4, -0.2) is 33.2 Å². The van der Waals surface area contributed by atoms with Crippen LogP contribution in [0.1, 0.15) is 70.1 Å². The number of hydrogen-bond acceptors (Lipinski definition) is 3. The third-order valence-corrected chi connectivity index (χ3v) is 9.50. The fourth-order valence-corrected chi connectivity index (χ4v) is 8.04. The van der Waals surface area contributed by atoms with E-state index in [1.165, 1.54) is 22.2 Å². The normalized spacial score (nSPS) is 45.5. The van der Waals surface area contributed by atoms with Gasteiger partial charge in [-0.05, 0) is 63.5 Å². The summed E-state index contributed by atoms with van der Waals surface area (Å²) in [6.45, 7) is 6.60. The number of benzene rings is 1. The van der Waals surface area contributed by atoms with Gasteiger partial charge in [-0.15, -0.1) is 0 Å². The predicted octanol–water partition coefficient (Wildman–Crippen LogP) is 4.97. The maximum atomic E-state index is 12.4. The van der Waals surface area contributed by atoms with Gasteiger partial charge < -0.3 is 19.6 Å². The maximum Gasteiger partial charge on any atom is 0.194 e. The van der Waals surface area contributed by atoms with Crippen LogP contribution < -0.4 is 0 Å². The lowest BCUT2D eigenvalue weighted by Gasteiger charge is -2.61. The average molecular weight is 406 g/mol. The number of rotatable bonds is 0. The van der Waals surface area contributed by atoms with E-state index in [-0.39, 0.29) is 17.1 Å². The molecule has 2 aliphatic heterocycles. The van der Waals surface area contributed by atoms with Crippen LogP contribution in [0, 0.1) is 11.3 Å². The minimum atomic E-state index is -0.878. The van der Waals surface area contributed by atoms with Crippen LogP contribution >= 0.6 is 0 Å². The zero-order chi connectivity index (χ0) is 20.5. The third kappa shape index (κ3) is 1.87. The lowest BCUT2D eigenvalue weighted by Crippen LogP contribution is -2.64. The molecule has 158 valence electrons. The zero-order valence-electron chi connectivity index (χ0n) is 18.1. The number of para-hydroxylation sites is 1. The lowest BCUT2D eigenvalue weighted by atomic mass is 9.48. The summed E-state index contributed by atoms with van der Waals surface area (Å²) in [7, 11) is 0. The van der Waals surface area contributed by atoms with Crippen LogP contribution in [0.25, 0.3) is 10.9 Å². The highest BCUT2D eigenvalue weighted by Crippen LogP contribution is 2.69. The molecule has 2 saturated carbocycles. The third-order valence-electron chi connectivity index (χ3n) is 9.50. The van der Waals surface area contributed by atoms with Gasteiger partial charge in [0.2, 0.25) is 0 Å². The van der Waals surface area contributed by atoms with Crippen molar-refractivity contribution in [1.29, 1.82) is 0 Å². The van der Waals surface area contributed by atoms with E-state index < -0.39 is 11.4 Å². The second-order valence-corrected chi connectivity index (χ2v) is 11.2. The molecule has 5 unspecified atom stereocenters. The average Bonchev–Trinajstić information content (AvgIpc) is 3.30. The molecule has 1 spiro atoms. The molecule has 2 bridgehead atoms. The number of H-pyrrole nitrogens is 1. The Morgan fingerprint density at radius 2 is 1.93 bits per heavy atom. The van der Waals surface area contributed by atoms with Gasteiger partial charge in [0, 0.05) is 39.9 Å². The summed E-state index contributed by atoms with van der Waals surface area (Å²) in [4.78, 5) is 3.77. The van der Waals surface area contributed by atoms with E-state index in [2.05, 4.69) is 56.1 Å². The highest BCUT2D eigenvalue weighted by molar-refractivity contribution is 5.85. The number of aliphatic hydroxyl groups is 1. The number of aromatic amines is 1. The molecule has 30 heavy (non-hydrogen) atoms. The quantitative estimate of drug-likeness (QED) is 0.609. The Morgan fingerprint density at radius 3 is 2.80 bits per heavy atom. The summed E-state index contributed by atoms with van der Waals surface area (Å²) in [5.74, 6) is 0.230. The number of hydrogen-bond donors (Lipinski definition) is 2. The largest absolute Gasteiger partial charge is 0.385 e. The molecule has 2 aromatic rings. The molecule has 4 nitrogen and oxygen atoms in total. The molecule has 1 aromatic heterocycles. The topological polar surface area (TPSA) is 54.5 Å². The van der Waals surface area contributed by atoms with Gasteiger partial charge in [-0.25, -0.2) is 0 Å². The van der Waals surface area contributed by atoms with Gasteiger partial charge in [0.15, 0.2) is 5.79 Å². The van der Waals surface area contributed by atoms with E-state index in [4.69, 9.17) is 9.47 Å². The lowest BCUT2D eigenvalue weighted by molar-refractivity contribution is -0.237. The van der Waals surface area contributed by atoms with Crippen molar-refractivity contribution in [2.75, 3.05) is 0 Å². The van der Waals surface area contributed by atoms with Gasteiger partial charge in [-0.2, -0.15) is 0 Å². The molecule has 4 heteroatoms. The zero-order valence-corrected chi connectivity index (χ0v) is 18.1. The van der Waals surface area contributed by atoms with Crippen LogP contribution in [0.2, 0.25) is 0 Å². The van der Waals surface area contributed by atoms with E-state index in [0.717, 1.165) is 44.1 Å². The number of aromatic nitrogens is 1. The minimum Gasteiger partial charge on any atom is -0.385 e. The van der Waals surface area contributed by atoms with Gasteiger partial charge in [-0.3, -0.25) is 0 Å². The molecule has 2 N–H and O–H groups in total. The Hall–Kier alpha value is -1.62. The number of nitrogens with one attached hydrogen (secondary N) is 1. The summed E-state index contributed by atoms with van der Waals surface area (Å²) in [5.41, 5.74) is 3.71. The Labute approximate surface area is 177 Å².